The van der Waals surface area contributed by atoms with E-state index in [9.17, 15) is 14.4 Å². The van der Waals surface area contributed by atoms with Crippen LogP contribution in [0.4, 0.5) is 0 Å². The van der Waals surface area contributed by atoms with Crippen LogP contribution in [-0.4, -0.2) is 26.8 Å². The Morgan fingerprint density at radius 1 is 1.27 bits per heavy atom. The van der Waals surface area contributed by atoms with Crippen LogP contribution >= 0.6 is 0 Å². The summed E-state index contributed by atoms with van der Waals surface area (Å²) in [7, 11) is 0. The van der Waals surface area contributed by atoms with E-state index in [1.807, 2.05) is 0 Å². The lowest BCUT2D eigenvalue weighted by molar-refractivity contribution is -0.136. The molecule has 0 atom stereocenters. The Morgan fingerprint density at radius 3 is 2.73 bits per heavy atom. The molecule has 0 saturated heterocycles. The SMILES string of the molecule is CC(=O)c1ccc2[nH]c(=O)c3[nH]cc(CCC(=O)O)c3c2c1. The Hall–Kier alpha value is -2.89. The summed E-state index contributed by atoms with van der Waals surface area (Å²) in [6.45, 7) is 1.48. The maximum absolute atomic E-state index is 12.1. The molecule has 3 N–H and O–H groups in total. The van der Waals surface area contributed by atoms with Crippen molar-refractivity contribution in [3.8, 4) is 0 Å². The predicted octanol–water partition coefficient (Wildman–Crippen LogP) is 2.23. The van der Waals surface area contributed by atoms with E-state index in [0.717, 1.165) is 10.9 Å². The van der Waals surface area contributed by atoms with Crippen molar-refractivity contribution < 1.29 is 14.7 Å². The maximum atomic E-state index is 12.1. The van der Waals surface area contributed by atoms with Crippen molar-refractivity contribution >= 4 is 33.6 Å². The molecule has 2 aromatic heterocycles. The van der Waals surface area contributed by atoms with Crippen LogP contribution in [0.3, 0.4) is 0 Å². The molecule has 0 spiro atoms. The Kier molecular flexibility index (Phi) is 3.29. The van der Waals surface area contributed by atoms with Crippen LogP contribution in [0.25, 0.3) is 21.8 Å². The number of benzene rings is 1. The van der Waals surface area contributed by atoms with Gasteiger partial charge in [-0.25, -0.2) is 0 Å². The smallest absolute Gasteiger partial charge is 0.303 e. The standard InChI is InChI=1S/C16H14N2O4/c1-8(19)9-2-4-12-11(6-9)14-10(3-5-13(20)21)7-17-15(14)16(22)18-12/h2,4,6-7,17H,3,5H2,1H3,(H,18,22)(H,20,21). The largest absolute Gasteiger partial charge is 0.481 e. The van der Waals surface area contributed by atoms with Crippen molar-refractivity contribution in [1.82, 2.24) is 9.97 Å². The summed E-state index contributed by atoms with van der Waals surface area (Å²) in [6.07, 6.45) is 1.95. The van der Waals surface area contributed by atoms with Gasteiger partial charge in [-0.3, -0.25) is 14.4 Å². The highest BCUT2D eigenvalue weighted by Crippen LogP contribution is 2.26. The lowest BCUT2D eigenvalue weighted by atomic mass is 10.0. The Labute approximate surface area is 124 Å². The second-order valence-corrected chi connectivity index (χ2v) is 5.23. The molecule has 2 heterocycles. The highest BCUT2D eigenvalue weighted by molar-refractivity contribution is 6.09. The van der Waals surface area contributed by atoms with Gasteiger partial charge in [-0.1, -0.05) is 0 Å². The van der Waals surface area contributed by atoms with Crippen LogP contribution < -0.4 is 5.56 Å². The first-order valence-corrected chi connectivity index (χ1v) is 6.86. The van der Waals surface area contributed by atoms with Gasteiger partial charge in [-0.05, 0) is 37.1 Å². The van der Waals surface area contributed by atoms with Crippen LogP contribution in [0.5, 0.6) is 0 Å². The number of carbonyl (C=O) groups is 2. The third-order valence-electron chi connectivity index (χ3n) is 3.74. The van der Waals surface area contributed by atoms with Crippen molar-refractivity contribution in [2.24, 2.45) is 0 Å². The molecule has 0 aliphatic rings. The van der Waals surface area contributed by atoms with E-state index < -0.39 is 5.97 Å². The van der Waals surface area contributed by atoms with Crippen LogP contribution in [0.2, 0.25) is 0 Å². The molecule has 6 nitrogen and oxygen atoms in total. The van der Waals surface area contributed by atoms with Crippen molar-refractivity contribution in [1.29, 1.82) is 0 Å². The van der Waals surface area contributed by atoms with Crippen LogP contribution in [0, 0.1) is 0 Å². The van der Waals surface area contributed by atoms with Crippen molar-refractivity contribution in [2.45, 2.75) is 19.8 Å². The minimum atomic E-state index is -0.895. The number of pyridine rings is 1. The minimum Gasteiger partial charge on any atom is -0.481 e. The van der Waals surface area contributed by atoms with Crippen LogP contribution in [-0.2, 0) is 11.2 Å². The molecule has 3 aromatic rings. The van der Waals surface area contributed by atoms with Gasteiger partial charge in [-0.15, -0.1) is 0 Å². The van der Waals surface area contributed by atoms with Gasteiger partial charge in [0, 0.05) is 34.5 Å². The maximum Gasteiger partial charge on any atom is 0.303 e. The van der Waals surface area contributed by atoms with Gasteiger partial charge in [0.2, 0.25) is 0 Å². The predicted molar refractivity (Wildman–Crippen MR) is 82.4 cm³/mol. The molecule has 22 heavy (non-hydrogen) atoms. The number of rotatable bonds is 4. The van der Waals surface area contributed by atoms with Gasteiger partial charge >= 0.3 is 5.97 Å². The summed E-state index contributed by atoms with van der Waals surface area (Å²) in [5, 5.41) is 10.3. The second-order valence-electron chi connectivity index (χ2n) is 5.23. The molecule has 0 radical (unpaired) electrons. The van der Waals surface area contributed by atoms with Gasteiger partial charge in [-0.2, -0.15) is 0 Å². The highest BCUT2D eigenvalue weighted by Gasteiger charge is 2.13. The fraction of sp³-hybridized carbons (Fsp3) is 0.188. The topological polar surface area (TPSA) is 103 Å². The van der Waals surface area contributed by atoms with Gasteiger partial charge < -0.3 is 15.1 Å². The summed E-state index contributed by atoms with van der Waals surface area (Å²) in [5.41, 5.74) is 2.06. The number of carboxylic acid groups (broad SMARTS) is 1. The number of Topliss-reactive ketones (excluding diaryl/α,β-unsaturated/α-hetero) is 1. The fourth-order valence-corrected chi connectivity index (χ4v) is 2.65. The molecule has 1 aromatic carbocycles. The Morgan fingerprint density at radius 2 is 2.05 bits per heavy atom. The van der Waals surface area contributed by atoms with Crippen LogP contribution in [0.15, 0.2) is 29.2 Å². The number of carboxylic acids is 1. The molecule has 0 aliphatic heterocycles. The molecule has 0 amide bonds. The number of carbonyl (C=O) groups excluding carboxylic acids is 1. The first kappa shape index (κ1) is 14.1. The van der Waals surface area contributed by atoms with Crippen LogP contribution in [0.1, 0.15) is 29.3 Å². The van der Waals surface area contributed by atoms with Crippen molar-refractivity contribution in [3.63, 3.8) is 0 Å². The van der Waals surface area contributed by atoms with Gasteiger partial charge in [0.15, 0.2) is 5.78 Å². The number of ketones is 1. The first-order chi connectivity index (χ1) is 10.5. The summed E-state index contributed by atoms with van der Waals surface area (Å²) >= 11 is 0. The zero-order chi connectivity index (χ0) is 15.9. The first-order valence-electron chi connectivity index (χ1n) is 6.86. The molecule has 3 rings (SSSR count). The van der Waals surface area contributed by atoms with E-state index in [1.165, 1.54) is 6.92 Å². The average Bonchev–Trinajstić information content (AvgIpc) is 2.89. The molecular weight excluding hydrogens is 284 g/mol. The number of fused-ring (bicyclic) bond motifs is 3. The lowest BCUT2D eigenvalue weighted by Gasteiger charge is -2.04. The lowest BCUT2D eigenvalue weighted by Crippen LogP contribution is -2.07. The molecule has 6 heteroatoms. The molecule has 0 bridgehead atoms. The van der Waals surface area contributed by atoms with E-state index in [2.05, 4.69) is 9.97 Å². The summed E-state index contributed by atoms with van der Waals surface area (Å²) in [5.74, 6) is -0.961. The zero-order valence-corrected chi connectivity index (χ0v) is 11.9. The monoisotopic (exact) mass is 298 g/mol. The quantitative estimate of drug-likeness (QED) is 0.642. The molecule has 0 fully saturated rings. The van der Waals surface area contributed by atoms with E-state index in [4.69, 9.17) is 5.11 Å². The zero-order valence-electron chi connectivity index (χ0n) is 11.9. The third-order valence-corrected chi connectivity index (χ3v) is 3.74. The molecular formula is C16H14N2O4. The van der Waals surface area contributed by atoms with Gasteiger partial charge in [0.05, 0.1) is 0 Å². The van der Waals surface area contributed by atoms with E-state index in [1.54, 1.807) is 24.4 Å². The summed E-state index contributed by atoms with van der Waals surface area (Å²) in [6, 6.07) is 5.09. The highest BCUT2D eigenvalue weighted by atomic mass is 16.4. The number of aryl methyl sites for hydroxylation is 1. The van der Waals surface area contributed by atoms with E-state index in [0.29, 0.717) is 28.4 Å². The van der Waals surface area contributed by atoms with E-state index in [-0.39, 0.29) is 17.8 Å². The fourth-order valence-electron chi connectivity index (χ4n) is 2.65. The van der Waals surface area contributed by atoms with Gasteiger partial charge in [0.25, 0.3) is 5.56 Å². The molecule has 0 unspecified atom stereocenters. The number of aromatic amines is 2. The molecule has 0 aliphatic carbocycles. The third kappa shape index (κ3) is 2.28. The molecule has 0 saturated carbocycles. The second kappa shape index (κ2) is 5.14. The number of nitrogens with one attached hydrogen (secondary N) is 2. The number of aromatic nitrogens is 2. The Bertz CT molecular complexity index is 965. The average molecular weight is 298 g/mol. The van der Waals surface area contributed by atoms with E-state index >= 15 is 0 Å². The van der Waals surface area contributed by atoms with Crippen molar-refractivity contribution in [3.05, 3.63) is 45.9 Å². The summed E-state index contributed by atoms with van der Waals surface area (Å²) < 4.78 is 0. The molecule has 112 valence electrons. The minimum absolute atomic E-state index is 0.0202. The number of aliphatic carboxylic acids is 1. The number of hydrogen-bond donors (Lipinski definition) is 3. The summed E-state index contributed by atoms with van der Waals surface area (Å²) in [4.78, 5) is 40.1. The normalized spacial score (nSPS) is 11.1. The van der Waals surface area contributed by atoms with Gasteiger partial charge in [0.1, 0.15) is 5.52 Å². The van der Waals surface area contributed by atoms with Crippen molar-refractivity contribution in [2.75, 3.05) is 0 Å². The number of H-pyrrole nitrogens is 2. The number of hydrogen-bond acceptors (Lipinski definition) is 3. The Balaban J connectivity index is 2.32.